The third kappa shape index (κ3) is 3.89. The van der Waals surface area contributed by atoms with Crippen LogP contribution in [0.5, 0.6) is 5.88 Å². The second kappa shape index (κ2) is 8.35. The predicted molar refractivity (Wildman–Crippen MR) is 113 cm³/mol. The average Bonchev–Trinajstić information content (AvgIpc) is 3.63. The Hall–Kier alpha value is -3.86. The first-order valence-corrected chi connectivity index (χ1v) is 10.5. The van der Waals surface area contributed by atoms with Crippen LogP contribution in [0.25, 0.3) is 11.4 Å². The van der Waals surface area contributed by atoms with Gasteiger partial charge in [0.05, 0.1) is 29.4 Å². The lowest BCUT2D eigenvalue weighted by atomic mass is 9.98. The van der Waals surface area contributed by atoms with Crippen molar-refractivity contribution in [3.63, 3.8) is 0 Å². The SMILES string of the molecule is N#Cc1ccc(-c2ncccn2)c(C(=O)N2C3CC3CC[C@H]2COc2ccc(F)cn2)c1. The Morgan fingerprint density at radius 3 is 2.78 bits per heavy atom. The quantitative estimate of drug-likeness (QED) is 0.615. The monoisotopic (exact) mass is 429 g/mol. The lowest BCUT2D eigenvalue weighted by Crippen LogP contribution is -2.48. The zero-order valence-electron chi connectivity index (χ0n) is 17.2. The molecular weight excluding hydrogens is 409 g/mol. The van der Waals surface area contributed by atoms with Crippen molar-refractivity contribution in [2.24, 2.45) is 5.92 Å². The van der Waals surface area contributed by atoms with Gasteiger partial charge in [-0.3, -0.25) is 4.79 Å². The Morgan fingerprint density at radius 2 is 2.03 bits per heavy atom. The number of amides is 1. The molecule has 0 N–H and O–H groups in total. The highest BCUT2D eigenvalue weighted by molar-refractivity contribution is 6.01. The number of likely N-dealkylation sites (tertiary alicyclic amines) is 1. The molecule has 2 fully saturated rings. The molecule has 160 valence electrons. The standard InChI is InChI=1S/C24H20FN5O2/c25-17-4-7-22(29-13-17)32-14-18-5-3-16-11-21(16)30(18)24(31)20-10-15(12-26)2-6-19(20)23-27-8-1-9-28-23/h1-2,4,6-10,13,16,18,21H,3,5,11,14H2/t16?,18-,21?/m0/s1. The summed E-state index contributed by atoms with van der Waals surface area (Å²) in [6.07, 6.45) is 7.16. The molecule has 3 atom stereocenters. The van der Waals surface area contributed by atoms with Gasteiger partial charge in [-0.25, -0.2) is 19.3 Å². The smallest absolute Gasteiger partial charge is 0.255 e. The van der Waals surface area contributed by atoms with Crippen LogP contribution in [0.4, 0.5) is 4.39 Å². The van der Waals surface area contributed by atoms with E-state index in [4.69, 9.17) is 4.74 Å². The maximum atomic E-state index is 13.8. The van der Waals surface area contributed by atoms with E-state index < -0.39 is 5.82 Å². The van der Waals surface area contributed by atoms with Gasteiger partial charge in [-0.15, -0.1) is 0 Å². The zero-order chi connectivity index (χ0) is 22.1. The van der Waals surface area contributed by atoms with Crippen LogP contribution in [0, 0.1) is 23.1 Å². The van der Waals surface area contributed by atoms with Gasteiger partial charge in [-0.2, -0.15) is 5.26 Å². The highest BCUT2D eigenvalue weighted by atomic mass is 19.1. The minimum Gasteiger partial charge on any atom is -0.475 e. The van der Waals surface area contributed by atoms with E-state index in [1.807, 2.05) is 4.90 Å². The van der Waals surface area contributed by atoms with E-state index in [9.17, 15) is 14.4 Å². The van der Waals surface area contributed by atoms with Crippen molar-refractivity contribution in [3.05, 3.63) is 71.9 Å². The Bertz CT molecular complexity index is 1180. The zero-order valence-corrected chi connectivity index (χ0v) is 17.2. The lowest BCUT2D eigenvalue weighted by Gasteiger charge is -2.36. The van der Waals surface area contributed by atoms with Crippen LogP contribution in [0.1, 0.15) is 35.2 Å². The van der Waals surface area contributed by atoms with Gasteiger partial charge in [-0.1, -0.05) is 0 Å². The maximum Gasteiger partial charge on any atom is 0.255 e. The van der Waals surface area contributed by atoms with Gasteiger partial charge in [0.25, 0.3) is 5.91 Å². The van der Waals surface area contributed by atoms with E-state index in [0.29, 0.717) is 34.3 Å². The minimum absolute atomic E-state index is 0.145. The number of nitriles is 1. The summed E-state index contributed by atoms with van der Waals surface area (Å²) >= 11 is 0. The molecule has 32 heavy (non-hydrogen) atoms. The summed E-state index contributed by atoms with van der Waals surface area (Å²) in [6, 6.07) is 11.6. The molecule has 7 nitrogen and oxygen atoms in total. The molecule has 3 aromatic rings. The molecule has 5 rings (SSSR count). The van der Waals surface area contributed by atoms with Crippen LogP contribution in [0.15, 0.2) is 55.0 Å². The molecule has 1 saturated heterocycles. The normalized spacial score (nSPS) is 21.4. The van der Waals surface area contributed by atoms with Crippen LogP contribution in [0.2, 0.25) is 0 Å². The van der Waals surface area contributed by atoms with Crippen LogP contribution in [-0.2, 0) is 0 Å². The highest BCUT2D eigenvalue weighted by Gasteiger charge is 2.50. The molecular formula is C24H20FN5O2. The number of pyridine rings is 1. The third-order valence-electron chi connectivity index (χ3n) is 6.05. The van der Waals surface area contributed by atoms with Gasteiger partial charge in [0.2, 0.25) is 5.88 Å². The third-order valence-corrected chi connectivity index (χ3v) is 6.05. The summed E-state index contributed by atoms with van der Waals surface area (Å²) in [4.78, 5) is 28.2. The Morgan fingerprint density at radius 1 is 1.19 bits per heavy atom. The van der Waals surface area contributed by atoms with Crippen molar-refractivity contribution < 1.29 is 13.9 Å². The predicted octanol–water partition coefficient (Wildman–Crippen LogP) is 3.62. The van der Waals surface area contributed by atoms with Crippen LogP contribution >= 0.6 is 0 Å². The second-order valence-electron chi connectivity index (χ2n) is 8.08. The molecule has 3 heterocycles. The van der Waals surface area contributed by atoms with E-state index in [0.717, 1.165) is 25.5 Å². The van der Waals surface area contributed by atoms with Gasteiger partial charge < -0.3 is 9.64 Å². The van der Waals surface area contributed by atoms with Crippen LogP contribution < -0.4 is 4.74 Å². The first-order valence-electron chi connectivity index (χ1n) is 10.5. The number of nitrogens with zero attached hydrogens (tertiary/aromatic N) is 5. The highest BCUT2D eigenvalue weighted by Crippen LogP contribution is 2.46. The van der Waals surface area contributed by atoms with Crippen molar-refractivity contribution >= 4 is 5.91 Å². The molecule has 1 amide bonds. The molecule has 0 bridgehead atoms. The number of aromatic nitrogens is 3. The van der Waals surface area contributed by atoms with E-state index in [1.54, 1.807) is 36.7 Å². The average molecular weight is 429 g/mol. The molecule has 1 aliphatic heterocycles. The Labute approximate surface area is 184 Å². The fourth-order valence-electron chi connectivity index (χ4n) is 4.37. The van der Waals surface area contributed by atoms with Gasteiger partial charge in [-0.05, 0) is 55.5 Å². The number of fused-ring (bicyclic) bond motifs is 1. The van der Waals surface area contributed by atoms with Crippen molar-refractivity contribution in [1.29, 1.82) is 5.26 Å². The summed E-state index contributed by atoms with van der Waals surface area (Å²) < 4.78 is 18.9. The first-order chi connectivity index (χ1) is 15.6. The summed E-state index contributed by atoms with van der Waals surface area (Å²) in [6.45, 7) is 0.267. The van der Waals surface area contributed by atoms with E-state index in [-0.39, 0.29) is 24.6 Å². The van der Waals surface area contributed by atoms with Crippen molar-refractivity contribution in [2.45, 2.75) is 31.3 Å². The number of ether oxygens (including phenoxy) is 1. The number of halogens is 1. The first kappa shape index (κ1) is 20.1. The van der Waals surface area contributed by atoms with Crippen molar-refractivity contribution in [2.75, 3.05) is 6.61 Å². The molecule has 1 saturated carbocycles. The Balaban J connectivity index is 1.45. The van der Waals surface area contributed by atoms with Crippen LogP contribution in [-0.4, -0.2) is 44.4 Å². The van der Waals surface area contributed by atoms with E-state index in [1.165, 1.54) is 12.1 Å². The molecule has 2 unspecified atom stereocenters. The lowest BCUT2D eigenvalue weighted by molar-refractivity contribution is 0.0495. The van der Waals surface area contributed by atoms with Crippen molar-refractivity contribution in [3.8, 4) is 23.3 Å². The number of hydrogen-bond donors (Lipinski definition) is 0. The molecule has 8 heteroatoms. The fourth-order valence-corrected chi connectivity index (χ4v) is 4.37. The van der Waals surface area contributed by atoms with Crippen LogP contribution in [0.3, 0.4) is 0 Å². The summed E-state index contributed by atoms with van der Waals surface area (Å²) in [7, 11) is 0. The van der Waals surface area contributed by atoms with Gasteiger partial charge in [0.15, 0.2) is 5.82 Å². The molecule has 0 spiro atoms. The number of carbonyl (C=O) groups excluding carboxylic acids is 1. The molecule has 1 aromatic carbocycles. The number of carbonyl (C=O) groups is 1. The number of piperidine rings is 1. The molecule has 0 radical (unpaired) electrons. The minimum atomic E-state index is -0.430. The fraction of sp³-hybridized carbons (Fsp3) is 0.292. The van der Waals surface area contributed by atoms with E-state index >= 15 is 0 Å². The number of hydrogen-bond acceptors (Lipinski definition) is 6. The topological polar surface area (TPSA) is 92.0 Å². The van der Waals surface area contributed by atoms with Gasteiger partial charge in [0.1, 0.15) is 12.4 Å². The summed E-state index contributed by atoms with van der Waals surface area (Å²) in [5.41, 5.74) is 1.41. The maximum absolute atomic E-state index is 13.8. The molecule has 2 aromatic heterocycles. The number of rotatable bonds is 5. The van der Waals surface area contributed by atoms with Gasteiger partial charge >= 0.3 is 0 Å². The van der Waals surface area contributed by atoms with Crippen molar-refractivity contribution in [1.82, 2.24) is 19.9 Å². The summed E-state index contributed by atoms with van der Waals surface area (Å²) in [5.74, 6) is 0.669. The van der Waals surface area contributed by atoms with Gasteiger partial charge in [0, 0.05) is 30.1 Å². The molecule has 2 aliphatic rings. The van der Waals surface area contributed by atoms with E-state index in [2.05, 4.69) is 21.0 Å². The second-order valence-corrected chi connectivity index (χ2v) is 8.08. The summed E-state index contributed by atoms with van der Waals surface area (Å²) in [5, 5.41) is 9.40. The number of benzene rings is 1. The largest absolute Gasteiger partial charge is 0.475 e. The Kier molecular flexibility index (Phi) is 5.23. The molecule has 1 aliphatic carbocycles.